The normalized spacial score (nSPS) is 15.8. The minimum Gasteiger partial charge on any atom is -0.497 e. The van der Waals surface area contributed by atoms with Crippen molar-refractivity contribution in [1.29, 1.82) is 0 Å². The molecule has 438 valence electrons. The Bertz CT molecular complexity index is 3360. The van der Waals surface area contributed by atoms with E-state index in [-0.39, 0.29) is 35.1 Å². The van der Waals surface area contributed by atoms with E-state index in [1.54, 1.807) is 16.2 Å². The van der Waals surface area contributed by atoms with Crippen molar-refractivity contribution in [2.45, 2.75) is 111 Å². The largest absolute Gasteiger partial charge is 0.497 e. The Morgan fingerprint density at radius 3 is 1.65 bits per heavy atom. The summed E-state index contributed by atoms with van der Waals surface area (Å²) in [4.78, 5) is 71.6. The van der Waals surface area contributed by atoms with E-state index in [0.29, 0.717) is 99.9 Å². The Balaban J connectivity index is 0.000000200. The summed E-state index contributed by atoms with van der Waals surface area (Å²) in [5.41, 5.74) is 4.49. The summed E-state index contributed by atoms with van der Waals surface area (Å²) in [6.45, 7) is 21.8. The highest BCUT2D eigenvalue weighted by Gasteiger charge is 2.32. The van der Waals surface area contributed by atoms with Crippen LogP contribution in [0, 0.1) is 6.92 Å². The fourth-order valence-corrected chi connectivity index (χ4v) is 11.1. The molecule has 4 aliphatic heterocycles. The van der Waals surface area contributed by atoms with Gasteiger partial charge in [-0.1, -0.05) is 24.3 Å². The molecule has 0 aliphatic carbocycles. The van der Waals surface area contributed by atoms with Crippen LogP contribution in [0.3, 0.4) is 0 Å². The van der Waals surface area contributed by atoms with Gasteiger partial charge in [0.15, 0.2) is 23.0 Å². The molecule has 6 aromatic rings. The van der Waals surface area contributed by atoms with E-state index < -0.39 is 5.60 Å². The molecule has 0 bridgehead atoms. The van der Waals surface area contributed by atoms with Crippen LogP contribution >= 0.6 is 0 Å². The summed E-state index contributed by atoms with van der Waals surface area (Å²) in [6.07, 6.45) is 3.34. The number of benzene rings is 4. The van der Waals surface area contributed by atoms with Crippen molar-refractivity contribution in [2.24, 2.45) is 0 Å². The summed E-state index contributed by atoms with van der Waals surface area (Å²) >= 11 is 0. The zero-order valence-corrected chi connectivity index (χ0v) is 48.6. The third kappa shape index (κ3) is 14.7. The molecule has 0 unspecified atom stereocenters. The Hall–Kier alpha value is -7.61. The first-order valence-corrected chi connectivity index (χ1v) is 28.9. The first-order valence-electron chi connectivity index (χ1n) is 28.9. The van der Waals surface area contributed by atoms with Gasteiger partial charge in [-0.2, -0.15) is 0 Å². The van der Waals surface area contributed by atoms with Gasteiger partial charge in [-0.15, -0.1) is 0 Å². The number of fused-ring (bicyclic) bond motifs is 4. The molecule has 0 spiro atoms. The lowest BCUT2D eigenvalue weighted by Crippen LogP contribution is -2.49. The van der Waals surface area contributed by atoms with Crippen LogP contribution in [-0.2, 0) is 30.9 Å². The highest BCUT2D eigenvalue weighted by Crippen LogP contribution is 2.34. The number of aromatic nitrogens is 2. The van der Waals surface area contributed by atoms with Gasteiger partial charge >= 0.3 is 6.09 Å². The van der Waals surface area contributed by atoms with Gasteiger partial charge in [0, 0.05) is 107 Å². The first-order chi connectivity index (χ1) is 39.6. The fourth-order valence-electron chi connectivity index (χ4n) is 11.1. The second-order valence-electron chi connectivity index (χ2n) is 22.4. The molecule has 0 radical (unpaired) electrons. The van der Waals surface area contributed by atoms with E-state index in [0.717, 1.165) is 110 Å². The van der Waals surface area contributed by atoms with Crippen molar-refractivity contribution in [1.82, 2.24) is 39.8 Å². The molecule has 2 aromatic heterocycles. The Morgan fingerprint density at radius 1 is 0.610 bits per heavy atom. The second kappa shape index (κ2) is 27.0. The Kier molecular flexibility index (Phi) is 19.4. The van der Waals surface area contributed by atoms with Crippen molar-refractivity contribution in [3.8, 4) is 28.7 Å². The number of ether oxygens (including phenoxy) is 6. The molecule has 0 saturated carbocycles. The highest BCUT2D eigenvalue weighted by molar-refractivity contribution is 6.07. The summed E-state index contributed by atoms with van der Waals surface area (Å²) in [7, 11) is 1.60. The zero-order chi connectivity index (χ0) is 57.9. The number of likely N-dealkylation sites (tertiary alicyclic amines) is 2. The third-order valence-corrected chi connectivity index (χ3v) is 15.4. The van der Waals surface area contributed by atoms with Crippen molar-refractivity contribution < 1.29 is 42.8 Å². The molecule has 10 rings (SSSR count). The van der Waals surface area contributed by atoms with Gasteiger partial charge in [-0.25, -0.2) is 4.79 Å². The molecule has 19 heteroatoms. The second-order valence-corrected chi connectivity index (χ2v) is 22.4. The van der Waals surface area contributed by atoms with E-state index in [1.807, 2.05) is 107 Å². The van der Waals surface area contributed by atoms with E-state index in [4.69, 9.17) is 28.4 Å². The number of pyridine rings is 2. The molecule has 6 heterocycles. The lowest BCUT2D eigenvalue weighted by atomic mass is 10.0. The number of piperidine rings is 2. The van der Waals surface area contributed by atoms with Crippen LogP contribution in [-0.4, -0.2) is 145 Å². The highest BCUT2D eigenvalue weighted by atomic mass is 16.6. The van der Waals surface area contributed by atoms with Crippen molar-refractivity contribution in [3.63, 3.8) is 0 Å². The molecule has 4 aliphatic rings. The number of aryl methyl sites for hydroxylation is 1. The molecule has 0 atom stereocenters. The quantitative estimate of drug-likeness (QED) is 0.0811. The lowest BCUT2D eigenvalue weighted by molar-refractivity contribution is 0.00560. The zero-order valence-electron chi connectivity index (χ0n) is 48.6. The number of nitrogens with one attached hydrogen (secondary N) is 3. The van der Waals surface area contributed by atoms with Crippen molar-refractivity contribution >= 4 is 39.7 Å². The number of carbonyl (C=O) groups is 3. The van der Waals surface area contributed by atoms with Crippen LogP contribution in [0.5, 0.6) is 28.7 Å². The third-order valence-electron chi connectivity index (χ3n) is 15.4. The van der Waals surface area contributed by atoms with Crippen LogP contribution in [0.2, 0.25) is 0 Å². The number of hydrogen-bond donors (Lipinski definition) is 3. The van der Waals surface area contributed by atoms with Crippen LogP contribution in [0.25, 0.3) is 21.8 Å². The van der Waals surface area contributed by atoms with Crippen LogP contribution < -0.4 is 50.8 Å². The topological polar surface area (TPSA) is 196 Å². The molecule has 2 fully saturated rings. The minimum absolute atomic E-state index is 0.0110. The number of nitrogens with zero attached hydrogens (tertiary/aromatic N) is 5. The Labute approximate surface area is 479 Å². The van der Waals surface area contributed by atoms with Gasteiger partial charge in [-0.05, 0) is 139 Å². The maximum Gasteiger partial charge on any atom is 0.410 e. The summed E-state index contributed by atoms with van der Waals surface area (Å²) < 4.78 is 37.5. The molecule has 2 saturated heterocycles. The molecule has 19 nitrogen and oxygen atoms in total. The average molecular weight is 1130 g/mol. The number of rotatable bonds is 17. The SMILES string of the molecule is CCNC(=O)c1cc(=O)n(CCN2CCC(N(Cc3ccc4c(c3)OCCO4)C(=O)OC(C)(C)C)CC2)c2cc(C)ccc12.CCNC(=O)c1cc(=O)n(CCN2CCC(NCc3ccc4c(c3)OCCO4)CC2)c2cc(OC)ccc12. The average Bonchev–Trinajstić information content (AvgIpc) is 3.57. The van der Waals surface area contributed by atoms with Crippen LogP contribution in [0.1, 0.15) is 97.7 Å². The van der Waals surface area contributed by atoms with Crippen molar-refractivity contribution in [2.75, 3.05) is 85.9 Å². The van der Waals surface area contributed by atoms with E-state index in [1.165, 1.54) is 17.7 Å². The maximum absolute atomic E-state index is 13.4. The van der Waals surface area contributed by atoms with Gasteiger partial charge in [0.25, 0.3) is 22.9 Å². The predicted octanol–water partition coefficient (Wildman–Crippen LogP) is 7.52. The molecular formula is C63H80N8O11. The Morgan fingerprint density at radius 2 is 1.11 bits per heavy atom. The number of amides is 3. The van der Waals surface area contributed by atoms with Gasteiger partial charge in [-0.3, -0.25) is 19.2 Å². The van der Waals surface area contributed by atoms with E-state index in [9.17, 15) is 24.0 Å². The van der Waals surface area contributed by atoms with E-state index in [2.05, 4.69) is 37.9 Å². The molecule has 3 N–H and O–H groups in total. The summed E-state index contributed by atoms with van der Waals surface area (Å²) in [5.74, 6) is 3.24. The smallest absolute Gasteiger partial charge is 0.410 e. The number of hydrogen-bond acceptors (Lipinski definition) is 14. The standard InChI is InChI=1S/C34H44N4O6.C29H36N4O5/c1-6-35-32(40)27-21-31(39)37(28-19-23(2)7-9-26(27)28)16-15-36-13-11-25(12-14-36)38(33(41)44-34(3,4)5)22-24-8-10-29-30(20-24)43-18-17-42-29;1-3-30-29(35)24-18-28(34)33(25-17-22(36-2)5-6-23(24)25)13-12-32-10-8-21(9-11-32)31-19-20-4-7-26-27(16-20)38-15-14-37-26/h7-10,19-21,25H,6,11-18,22H2,1-5H3,(H,35,40);4-7,16-18,21,31H,3,8-15,19H2,1-2H3,(H,30,35). The monoisotopic (exact) mass is 1120 g/mol. The lowest BCUT2D eigenvalue weighted by Gasteiger charge is -2.39. The summed E-state index contributed by atoms with van der Waals surface area (Å²) in [5, 5.41) is 10.8. The predicted molar refractivity (Wildman–Crippen MR) is 316 cm³/mol. The molecule has 82 heavy (non-hydrogen) atoms. The minimum atomic E-state index is -0.607. The van der Waals surface area contributed by atoms with Crippen LogP contribution in [0.4, 0.5) is 4.79 Å². The van der Waals surface area contributed by atoms with Crippen molar-refractivity contribution in [3.05, 3.63) is 133 Å². The van der Waals surface area contributed by atoms with Gasteiger partial charge in [0.2, 0.25) is 0 Å². The molecule has 4 aromatic carbocycles. The number of methoxy groups -OCH3 is 1. The molecule has 3 amide bonds. The van der Waals surface area contributed by atoms with Gasteiger partial charge in [0.05, 0.1) is 29.3 Å². The maximum atomic E-state index is 13.4. The fraction of sp³-hybridized carbons (Fsp3) is 0.476. The first kappa shape index (κ1) is 59.0. The van der Waals surface area contributed by atoms with Gasteiger partial charge in [0.1, 0.15) is 37.8 Å². The van der Waals surface area contributed by atoms with Gasteiger partial charge < -0.3 is 68.2 Å². The van der Waals surface area contributed by atoms with E-state index >= 15 is 0 Å². The summed E-state index contributed by atoms with van der Waals surface area (Å²) in [6, 6.07) is 26.7. The molecular weight excluding hydrogens is 1040 g/mol. The van der Waals surface area contributed by atoms with Crippen LogP contribution in [0.15, 0.2) is 94.5 Å². The number of carbonyl (C=O) groups excluding carboxylic acids is 3.